The maximum atomic E-state index is 11.0. The van der Waals surface area contributed by atoms with Crippen LogP contribution in [0.25, 0.3) is 0 Å². The van der Waals surface area contributed by atoms with E-state index in [4.69, 9.17) is 5.73 Å². The van der Waals surface area contributed by atoms with Gasteiger partial charge < -0.3 is 16.4 Å². The van der Waals surface area contributed by atoms with Crippen LogP contribution in [0.2, 0.25) is 0 Å². The number of carbonyl (C=O) groups excluding carboxylic acids is 2. The molecule has 0 aromatic heterocycles. The van der Waals surface area contributed by atoms with Gasteiger partial charge in [0.15, 0.2) is 0 Å². The third-order valence-electron chi connectivity index (χ3n) is 1.22. The van der Waals surface area contributed by atoms with E-state index >= 15 is 0 Å². The van der Waals surface area contributed by atoms with Gasteiger partial charge in [-0.1, -0.05) is 12.2 Å². The van der Waals surface area contributed by atoms with Crippen LogP contribution in [0.1, 0.15) is 0 Å². The van der Waals surface area contributed by atoms with Gasteiger partial charge in [0.2, 0.25) is 0 Å². The first-order valence-electron chi connectivity index (χ1n) is 3.91. The maximum Gasteiger partial charge on any atom is 0.309 e. The number of rotatable bonds is 5. The Hall–Kier alpha value is -0.820. The van der Waals surface area contributed by atoms with Crippen molar-refractivity contribution in [1.29, 1.82) is 0 Å². The van der Waals surface area contributed by atoms with Crippen molar-refractivity contribution in [3.05, 3.63) is 0 Å². The van der Waals surface area contributed by atoms with E-state index in [2.05, 4.69) is 22.9 Å². The SMILES string of the molecule is CSCCNC(=O)C(=O)NCC(N)=S. The van der Waals surface area contributed by atoms with Crippen LogP contribution >= 0.6 is 24.0 Å². The van der Waals surface area contributed by atoms with Crippen molar-refractivity contribution < 1.29 is 9.59 Å². The van der Waals surface area contributed by atoms with Gasteiger partial charge in [0.05, 0.1) is 11.5 Å². The molecule has 4 N–H and O–H groups in total. The number of amides is 2. The third-order valence-corrected chi connectivity index (χ3v) is 1.98. The molecular formula is C7H13N3O2S2. The van der Waals surface area contributed by atoms with E-state index in [-0.39, 0.29) is 11.5 Å². The van der Waals surface area contributed by atoms with Crippen LogP contribution in [0.3, 0.4) is 0 Å². The van der Waals surface area contributed by atoms with Crippen molar-refractivity contribution in [2.24, 2.45) is 5.73 Å². The third kappa shape index (κ3) is 6.67. The van der Waals surface area contributed by atoms with Crippen molar-refractivity contribution in [3.8, 4) is 0 Å². The second-order valence-corrected chi connectivity index (χ2v) is 3.91. The highest BCUT2D eigenvalue weighted by Crippen LogP contribution is 1.86. The Morgan fingerprint density at radius 1 is 1.36 bits per heavy atom. The van der Waals surface area contributed by atoms with Crippen molar-refractivity contribution in [3.63, 3.8) is 0 Å². The molecule has 5 nitrogen and oxygen atoms in total. The smallest absolute Gasteiger partial charge is 0.309 e. The van der Waals surface area contributed by atoms with Crippen molar-refractivity contribution in [2.45, 2.75) is 0 Å². The van der Waals surface area contributed by atoms with E-state index in [0.29, 0.717) is 6.54 Å². The molecule has 0 aromatic rings. The van der Waals surface area contributed by atoms with Gasteiger partial charge in [-0.2, -0.15) is 11.8 Å². The molecule has 0 saturated carbocycles. The Kier molecular flexibility index (Phi) is 7.13. The van der Waals surface area contributed by atoms with Crippen LogP contribution in [0.4, 0.5) is 0 Å². The average Bonchev–Trinajstić information content (AvgIpc) is 2.14. The minimum atomic E-state index is -0.709. The van der Waals surface area contributed by atoms with Gasteiger partial charge in [0.25, 0.3) is 0 Å². The molecule has 0 unspecified atom stereocenters. The van der Waals surface area contributed by atoms with E-state index in [1.165, 1.54) is 0 Å². The Labute approximate surface area is 92.2 Å². The minimum Gasteiger partial charge on any atom is -0.392 e. The first-order valence-corrected chi connectivity index (χ1v) is 5.71. The quantitative estimate of drug-likeness (QED) is 0.319. The van der Waals surface area contributed by atoms with Crippen LogP contribution in [0.5, 0.6) is 0 Å². The monoisotopic (exact) mass is 235 g/mol. The van der Waals surface area contributed by atoms with Crippen molar-refractivity contribution in [2.75, 3.05) is 25.1 Å². The summed E-state index contributed by atoms with van der Waals surface area (Å²) in [5.74, 6) is -0.594. The summed E-state index contributed by atoms with van der Waals surface area (Å²) in [6, 6.07) is 0. The molecule has 0 aliphatic rings. The topological polar surface area (TPSA) is 84.2 Å². The van der Waals surface area contributed by atoms with Crippen LogP contribution in [0, 0.1) is 0 Å². The summed E-state index contributed by atoms with van der Waals surface area (Å²) in [4.78, 5) is 22.2. The molecule has 0 radical (unpaired) electrons. The first kappa shape index (κ1) is 13.2. The number of thiocarbonyl (C=S) groups is 1. The summed E-state index contributed by atoms with van der Waals surface area (Å²) in [5, 5.41) is 4.74. The van der Waals surface area contributed by atoms with Gasteiger partial charge in [-0.05, 0) is 6.26 Å². The average molecular weight is 235 g/mol. The summed E-state index contributed by atoms with van der Waals surface area (Å²) in [6.45, 7) is 0.518. The highest BCUT2D eigenvalue weighted by atomic mass is 32.2. The molecule has 0 heterocycles. The van der Waals surface area contributed by atoms with Gasteiger partial charge in [0.1, 0.15) is 0 Å². The lowest BCUT2D eigenvalue weighted by Gasteiger charge is -2.04. The number of thioether (sulfide) groups is 1. The Balaban J connectivity index is 3.65. The van der Waals surface area contributed by atoms with Gasteiger partial charge in [-0.3, -0.25) is 9.59 Å². The second kappa shape index (κ2) is 7.57. The van der Waals surface area contributed by atoms with Crippen molar-refractivity contribution in [1.82, 2.24) is 10.6 Å². The van der Waals surface area contributed by atoms with E-state index in [9.17, 15) is 9.59 Å². The van der Waals surface area contributed by atoms with Crippen LogP contribution in [-0.2, 0) is 9.59 Å². The van der Waals surface area contributed by atoms with Crippen LogP contribution in [0.15, 0.2) is 0 Å². The first-order chi connectivity index (χ1) is 6.57. The molecule has 0 aromatic carbocycles. The van der Waals surface area contributed by atoms with Gasteiger partial charge in [-0.15, -0.1) is 0 Å². The number of hydrogen-bond acceptors (Lipinski definition) is 4. The largest absolute Gasteiger partial charge is 0.392 e. The molecule has 0 aliphatic carbocycles. The molecule has 0 saturated heterocycles. The summed E-state index contributed by atoms with van der Waals surface area (Å²) in [5.41, 5.74) is 5.14. The standard InChI is InChI=1S/C7H13N3O2S2/c1-14-3-2-9-6(11)7(12)10-4-5(8)13/h2-4H2,1H3,(H2,8,13)(H,9,11)(H,10,12). The van der Waals surface area contributed by atoms with Crippen molar-refractivity contribution >= 4 is 40.8 Å². The Bertz CT molecular complexity index is 233. The number of nitrogens with one attached hydrogen (secondary N) is 2. The van der Waals surface area contributed by atoms with Gasteiger partial charge in [-0.25, -0.2) is 0 Å². The summed E-state index contributed by atoms with van der Waals surface area (Å²) in [7, 11) is 0. The molecule has 0 rings (SSSR count). The lowest BCUT2D eigenvalue weighted by atomic mass is 10.5. The van der Waals surface area contributed by atoms with Crippen LogP contribution in [-0.4, -0.2) is 41.9 Å². The molecule has 80 valence electrons. The predicted octanol–water partition coefficient (Wildman–Crippen LogP) is -1.13. The minimum absolute atomic E-state index is 0.0457. The highest BCUT2D eigenvalue weighted by molar-refractivity contribution is 7.98. The van der Waals surface area contributed by atoms with Gasteiger partial charge >= 0.3 is 11.8 Å². The molecule has 14 heavy (non-hydrogen) atoms. The lowest BCUT2D eigenvalue weighted by molar-refractivity contribution is -0.138. The number of nitrogens with two attached hydrogens (primary N) is 1. The zero-order chi connectivity index (χ0) is 11.0. The zero-order valence-electron chi connectivity index (χ0n) is 7.83. The van der Waals surface area contributed by atoms with E-state index in [0.717, 1.165) is 5.75 Å². The lowest BCUT2D eigenvalue weighted by Crippen LogP contribution is -2.43. The molecule has 0 bridgehead atoms. The molecule has 0 atom stereocenters. The normalized spacial score (nSPS) is 9.21. The fourth-order valence-corrected chi connectivity index (χ4v) is 0.973. The molecular weight excluding hydrogens is 222 g/mol. The van der Waals surface area contributed by atoms with E-state index < -0.39 is 11.8 Å². The number of carbonyl (C=O) groups is 2. The molecule has 0 spiro atoms. The number of hydrogen-bond donors (Lipinski definition) is 3. The molecule has 0 aliphatic heterocycles. The second-order valence-electron chi connectivity index (χ2n) is 2.40. The maximum absolute atomic E-state index is 11.0. The Morgan fingerprint density at radius 2 is 1.93 bits per heavy atom. The fraction of sp³-hybridized carbons (Fsp3) is 0.571. The summed E-state index contributed by atoms with van der Waals surface area (Å²) in [6.07, 6.45) is 1.92. The van der Waals surface area contributed by atoms with E-state index in [1.807, 2.05) is 6.26 Å². The van der Waals surface area contributed by atoms with E-state index in [1.54, 1.807) is 11.8 Å². The predicted molar refractivity (Wildman–Crippen MR) is 61.2 cm³/mol. The fourth-order valence-electron chi connectivity index (χ4n) is 0.595. The molecule has 7 heteroatoms. The van der Waals surface area contributed by atoms with Crippen LogP contribution < -0.4 is 16.4 Å². The Morgan fingerprint density at radius 3 is 2.43 bits per heavy atom. The van der Waals surface area contributed by atoms with Gasteiger partial charge in [0, 0.05) is 12.3 Å². The highest BCUT2D eigenvalue weighted by Gasteiger charge is 2.11. The molecule has 0 fully saturated rings. The zero-order valence-corrected chi connectivity index (χ0v) is 9.46. The summed E-state index contributed by atoms with van der Waals surface area (Å²) >= 11 is 6.12. The molecule has 2 amide bonds. The summed E-state index contributed by atoms with van der Waals surface area (Å²) < 4.78 is 0.